The van der Waals surface area contributed by atoms with Crippen LogP contribution in [-0.2, 0) is 0 Å². The lowest BCUT2D eigenvalue weighted by atomic mass is 9.76. The van der Waals surface area contributed by atoms with Crippen molar-refractivity contribution in [3.8, 4) is 0 Å². The lowest BCUT2D eigenvalue weighted by Gasteiger charge is -2.36. The highest BCUT2D eigenvalue weighted by Crippen LogP contribution is 2.36. The van der Waals surface area contributed by atoms with Crippen molar-refractivity contribution in [2.45, 2.75) is 24.9 Å². The quantitative estimate of drug-likeness (QED) is 0.728. The van der Waals surface area contributed by atoms with E-state index >= 15 is 0 Å². The first-order chi connectivity index (χ1) is 5.77. The van der Waals surface area contributed by atoms with Crippen molar-refractivity contribution >= 4 is 11.3 Å². The summed E-state index contributed by atoms with van der Waals surface area (Å²) in [6.45, 7) is 0. The molecule has 1 aromatic heterocycles. The normalized spacial score (nSPS) is 31.2. The molecule has 2 rings (SSSR count). The first-order valence-electron chi connectivity index (χ1n) is 4.32. The average Bonchev–Trinajstić information content (AvgIpc) is 2.49. The Morgan fingerprint density at radius 3 is 2.75 bits per heavy atom. The zero-order valence-corrected chi connectivity index (χ0v) is 7.76. The van der Waals surface area contributed by atoms with Crippen LogP contribution in [0.4, 0.5) is 0 Å². The van der Waals surface area contributed by atoms with E-state index in [-0.39, 0.29) is 6.04 Å². The van der Waals surface area contributed by atoms with Crippen LogP contribution in [0.15, 0.2) is 17.5 Å². The zero-order valence-electron chi connectivity index (χ0n) is 6.94. The van der Waals surface area contributed by atoms with Gasteiger partial charge in [-0.05, 0) is 30.2 Å². The summed E-state index contributed by atoms with van der Waals surface area (Å²) < 4.78 is 0. The van der Waals surface area contributed by atoms with Gasteiger partial charge in [-0.25, -0.2) is 0 Å². The number of rotatable bonds is 2. The number of thiophene rings is 1. The van der Waals surface area contributed by atoms with Crippen molar-refractivity contribution in [2.75, 3.05) is 0 Å². The molecule has 0 aromatic carbocycles. The highest BCUT2D eigenvalue weighted by molar-refractivity contribution is 7.10. The molecule has 1 aliphatic carbocycles. The van der Waals surface area contributed by atoms with Gasteiger partial charge in [-0.1, -0.05) is 6.07 Å². The molecule has 1 saturated carbocycles. The zero-order chi connectivity index (χ0) is 8.55. The van der Waals surface area contributed by atoms with Crippen molar-refractivity contribution in [3.63, 3.8) is 0 Å². The van der Waals surface area contributed by atoms with E-state index in [0.29, 0.717) is 12.0 Å². The fraction of sp³-hybridized carbons (Fsp3) is 0.556. The molecule has 0 saturated heterocycles. The van der Waals surface area contributed by atoms with Crippen molar-refractivity contribution < 1.29 is 0 Å². The average molecular weight is 182 g/mol. The molecule has 1 aliphatic rings. The topological polar surface area (TPSA) is 52.0 Å². The van der Waals surface area contributed by atoms with Crippen LogP contribution in [-0.4, -0.2) is 6.04 Å². The fourth-order valence-electron chi connectivity index (χ4n) is 1.72. The summed E-state index contributed by atoms with van der Waals surface area (Å²) in [5.41, 5.74) is 11.8. The van der Waals surface area contributed by atoms with Gasteiger partial charge in [0.25, 0.3) is 0 Å². The molecule has 0 spiro atoms. The number of hydrogen-bond donors (Lipinski definition) is 2. The minimum absolute atomic E-state index is 0.227. The highest BCUT2D eigenvalue weighted by atomic mass is 32.1. The van der Waals surface area contributed by atoms with Crippen LogP contribution in [0, 0.1) is 5.92 Å². The fourth-order valence-corrected chi connectivity index (χ4v) is 2.54. The van der Waals surface area contributed by atoms with Crippen molar-refractivity contribution in [3.05, 3.63) is 22.4 Å². The van der Waals surface area contributed by atoms with Crippen LogP contribution in [0.3, 0.4) is 0 Å². The number of nitrogens with two attached hydrogens (primary N) is 2. The summed E-state index contributed by atoms with van der Waals surface area (Å²) in [4.78, 5) is 1.30. The van der Waals surface area contributed by atoms with Gasteiger partial charge in [0.15, 0.2) is 0 Å². The monoisotopic (exact) mass is 182 g/mol. The molecule has 0 radical (unpaired) electrons. The first kappa shape index (κ1) is 8.23. The summed E-state index contributed by atoms with van der Waals surface area (Å²) in [7, 11) is 0. The molecule has 0 bridgehead atoms. The Balaban J connectivity index is 1.97. The van der Waals surface area contributed by atoms with Gasteiger partial charge < -0.3 is 11.5 Å². The van der Waals surface area contributed by atoms with Gasteiger partial charge >= 0.3 is 0 Å². The van der Waals surface area contributed by atoms with E-state index in [1.54, 1.807) is 11.3 Å². The molecule has 1 aromatic rings. The Bertz CT molecular complexity index is 239. The minimum Gasteiger partial charge on any atom is -0.328 e. The summed E-state index contributed by atoms with van der Waals surface area (Å²) in [6, 6.07) is 4.79. The van der Waals surface area contributed by atoms with Gasteiger partial charge in [-0.2, -0.15) is 0 Å². The summed E-state index contributed by atoms with van der Waals surface area (Å²) in [6.07, 6.45) is 2.19. The second-order valence-corrected chi connectivity index (χ2v) is 4.51. The maximum Gasteiger partial charge on any atom is 0.0419 e. The third-order valence-electron chi connectivity index (χ3n) is 2.59. The van der Waals surface area contributed by atoms with Crippen molar-refractivity contribution in [1.82, 2.24) is 0 Å². The Morgan fingerprint density at radius 1 is 1.50 bits per heavy atom. The molecular weight excluding hydrogens is 168 g/mol. The van der Waals surface area contributed by atoms with Crippen molar-refractivity contribution in [1.29, 1.82) is 0 Å². The third kappa shape index (κ3) is 1.40. The summed E-state index contributed by atoms with van der Waals surface area (Å²) >= 11 is 1.74. The molecule has 1 unspecified atom stereocenters. The molecule has 0 aliphatic heterocycles. The predicted molar refractivity (Wildman–Crippen MR) is 51.9 cm³/mol. The summed E-state index contributed by atoms with van der Waals surface area (Å²) in [5, 5.41) is 2.08. The second-order valence-electron chi connectivity index (χ2n) is 3.53. The van der Waals surface area contributed by atoms with Gasteiger partial charge in [-0.15, -0.1) is 11.3 Å². The van der Waals surface area contributed by atoms with Crippen molar-refractivity contribution in [2.24, 2.45) is 17.4 Å². The van der Waals surface area contributed by atoms with Gasteiger partial charge in [0, 0.05) is 17.0 Å². The standard InChI is InChI=1S/C9H14N2S/c10-7-4-6(5-7)9(11)8-2-1-3-12-8/h1-3,6-7,9H,4-5,10-11H2. The molecule has 1 fully saturated rings. The Kier molecular flexibility index (Phi) is 2.17. The van der Waals surface area contributed by atoms with Gasteiger partial charge in [0.1, 0.15) is 0 Å². The van der Waals surface area contributed by atoms with Crippen LogP contribution < -0.4 is 11.5 Å². The lowest BCUT2D eigenvalue weighted by molar-refractivity contribution is 0.226. The predicted octanol–water partition coefficient (Wildman–Crippen LogP) is 1.49. The smallest absolute Gasteiger partial charge is 0.0419 e. The van der Waals surface area contributed by atoms with Crippen LogP contribution in [0.2, 0.25) is 0 Å². The number of hydrogen-bond acceptors (Lipinski definition) is 3. The Hall–Kier alpha value is -0.380. The van der Waals surface area contributed by atoms with E-state index in [2.05, 4.69) is 17.5 Å². The van der Waals surface area contributed by atoms with Crippen LogP contribution in [0.25, 0.3) is 0 Å². The highest BCUT2D eigenvalue weighted by Gasteiger charge is 2.31. The van der Waals surface area contributed by atoms with E-state index in [9.17, 15) is 0 Å². The third-order valence-corrected chi connectivity index (χ3v) is 3.56. The Morgan fingerprint density at radius 2 is 2.25 bits per heavy atom. The second kappa shape index (κ2) is 3.17. The van der Waals surface area contributed by atoms with E-state index < -0.39 is 0 Å². The SMILES string of the molecule is NC1CC(C(N)c2cccs2)C1. The summed E-state index contributed by atoms with van der Waals surface area (Å²) in [5.74, 6) is 0.624. The van der Waals surface area contributed by atoms with E-state index in [4.69, 9.17) is 11.5 Å². The van der Waals surface area contributed by atoms with Gasteiger partial charge in [-0.3, -0.25) is 0 Å². The van der Waals surface area contributed by atoms with Crippen LogP contribution in [0.5, 0.6) is 0 Å². The molecule has 1 heterocycles. The molecule has 0 amide bonds. The van der Waals surface area contributed by atoms with Crippen LogP contribution in [0.1, 0.15) is 23.8 Å². The molecule has 66 valence electrons. The Labute approximate surface area is 76.6 Å². The molecular formula is C9H14N2S. The first-order valence-corrected chi connectivity index (χ1v) is 5.20. The minimum atomic E-state index is 0.227. The largest absolute Gasteiger partial charge is 0.328 e. The molecule has 1 atom stereocenters. The molecule has 3 heteroatoms. The van der Waals surface area contributed by atoms with E-state index in [0.717, 1.165) is 12.8 Å². The maximum atomic E-state index is 6.06. The molecule has 12 heavy (non-hydrogen) atoms. The van der Waals surface area contributed by atoms with E-state index in [1.165, 1.54) is 4.88 Å². The van der Waals surface area contributed by atoms with E-state index in [1.807, 2.05) is 0 Å². The van der Waals surface area contributed by atoms with Gasteiger partial charge in [0.05, 0.1) is 0 Å². The lowest BCUT2D eigenvalue weighted by Crippen LogP contribution is -2.41. The van der Waals surface area contributed by atoms with Gasteiger partial charge in [0.2, 0.25) is 0 Å². The van der Waals surface area contributed by atoms with Crippen LogP contribution >= 0.6 is 11.3 Å². The molecule has 2 nitrogen and oxygen atoms in total. The molecule has 4 N–H and O–H groups in total. The maximum absolute atomic E-state index is 6.06.